The fraction of sp³-hybridized carbons (Fsp3) is 0.818. The Morgan fingerprint density at radius 1 is 1.31 bits per heavy atom. The molecule has 5 nitrogen and oxygen atoms in total. The SMILES string of the molecule is CC(C)(NC(=O)C1CCCCCN1)C(N)=O. The average Bonchev–Trinajstić information content (AvgIpc) is 2.44. The predicted molar refractivity (Wildman–Crippen MR) is 61.7 cm³/mol. The number of hydrogen-bond acceptors (Lipinski definition) is 3. The molecule has 0 saturated carbocycles. The lowest BCUT2D eigenvalue weighted by molar-refractivity contribution is -0.131. The van der Waals surface area contributed by atoms with Crippen LogP contribution < -0.4 is 16.4 Å². The van der Waals surface area contributed by atoms with Gasteiger partial charge >= 0.3 is 0 Å². The molecular formula is C11H21N3O2. The molecule has 5 heteroatoms. The lowest BCUT2D eigenvalue weighted by Crippen LogP contribution is -2.57. The largest absolute Gasteiger partial charge is 0.368 e. The molecule has 0 aromatic rings. The molecule has 1 aliphatic rings. The average molecular weight is 227 g/mol. The van der Waals surface area contributed by atoms with Crippen molar-refractivity contribution in [3.05, 3.63) is 0 Å². The summed E-state index contributed by atoms with van der Waals surface area (Å²) in [6, 6.07) is -0.193. The first kappa shape index (κ1) is 13.0. The monoisotopic (exact) mass is 227 g/mol. The molecule has 0 bridgehead atoms. The van der Waals surface area contributed by atoms with E-state index in [-0.39, 0.29) is 11.9 Å². The van der Waals surface area contributed by atoms with E-state index in [4.69, 9.17) is 5.73 Å². The number of carbonyl (C=O) groups is 2. The summed E-state index contributed by atoms with van der Waals surface area (Å²) >= 11 is 0. The minimum absolute atomic E-state index is 0.134. The van der Waals surface area contributed by atoms with Gasteiger partial charge in [0.1, 0.15) is 5.54 Å². The van der Waals surface area contributed by atoms with Crippen LogP contribution in [0.2, 0.25) is 0 Å². The Morgan fingerprint density at radius 3 is 2.62 bits per heavy atom. The maximum Gasteiger partial charge on any atom is 0.242 e. The third kappa shape index (κ3) is 3.48. The van der Waals surface area contributed by atoms with Crippen LogP contribution >= 0.6 is 0 Å². The van der Waals surface area contributed by atoms with E-state index in [0.717, 1.165) is 32.2 Å². The molecule has 1 aliphatic heterocycles. The molecule has 1 atom stereocenters. The molecule has 4 N–H and O–H groups in total. The molecule has 1 saturated heterocycles. The standard InChI is InChI=1S/C11H21N3O2/c1-11(2,10(12)16)14-9(15)8-6-4-3-5-7-13-8/h8,13H,3-7H2,1-2H3,(H2,12,16)(H,14,15). The van der Waals surface area contributed by atoms with Gasteiger partial charge in [-0.05, 0) is 33.2 Å². The Morgan fingerprint density at radius 2 is 2.00 bits per heavy atom. The van der Waals surface area contributed by atoms with E-state index in [1.165, 1.54) is 0 Å². The number of amides is 2. The Kier molecular flexibility index (Phi) is 4.29. The summed E-state index contributed by atoms with van der Waals surface area (Å²) in [5, 5.41) is 5.86. The quantitative estimate of drug-likeness (QED) is 0.629. The van der Waals surface area contributed by atoms with Crippen molar-refractivity contribution >= 4 is 11.8 Å². The second kappa shape index (κ2) is 5.30. The smallest absolute Gasteiger partial charge is 0.242 e. The zero-order chi connectivity index (χ0) is 12.2. The summed E-state index contributed by atoms with van der Waals surface area (Å²) in [6.07, 6.45) is 4.11. The number of carbonyl (C=O) groups excluding carboxylic acids is 2. The molecular weight excluding hydrogens is 206 g/mol. The fourth-order valence-corrected chi connectivity index (χ4v) is 1.71. The van der Waals surface area contributed by atoms with Crippen molar-refractivity contribution < 1.29 is 9.59 Å². The highest BCUT2D eigenvalue weighted by atomic mass is 16.2. The van der Waals surface area contributed by atoms with Gasteiger partial charge in [0.2, 0.25) is 11.8 Å². The topological polar surface area (TPSA) is 84.2 Å². The highest BCUT2D eigenvalue weighted by Gasteiger charge is 2.30. The second-order valence-electron chi connectivity index (χ2n) is 4.83. The molecule has 2 amide bonds. The highest BCUT2D eigenvalue weighted by Crippen LogP contribution is 2.10. The van der Waals surface area contributed by atoms with Gasteiger partial charge in [-0.25, -0.2) is 0 Å². The second-order valence-corrected chi connectivity index (χ2v) is 4.83. The Labute approximate surface area is 96.1 Å². The van der Waals surface area contributed by atoms with Crippen LogP contribution in [0.25, 0.3) is 0 Å². The van der Waals surface area contributed by atoms with Crippen LogP contribution in [0.1, 0.15) is 39.5 Å². The summed E-state index contributed by atoms with van der Waals surface area (Å²) < 4.78 is 0. The Bertz CT molecular complexity index is 268. The van der Waals surface area contributed by atoms with Crippen molar-refractivity contribution in [2.24, 2.45) is 5.73 Å². The summed E-state index contributed by atoms with van der Waals surface area (Å²) in [5.74, 6) is -0.653. The number of hydrogen-bond donors (Lipinski definition) is 3. The number of nitrogens with one attached hydrogen (secondary N) is 2. The van der Waals surface area contributed by atoms with Gasteiger partial charge in [0, 0.05) is 0 Å². The lowest BCUT2D eigenvalue weighted by atomic mass is 10.0. The number of rotatable bonds is 3. The van der Waals surface area contributed by atoms with Crippen LogP contribution in [-0.4, -0.2) is 29.9 Å². The van der Waals surface area contributed by atoms with Crippen molar-refractivity contribution in [1.29, 1.82) is 0 Å². The molecule has 1 unspecified atom stereocenters. The zero-order valence-corrected chi connectivity index (χ0v) is 10.0. The van der Waals surface area contributed by atoms with Gasteiger partial charge in [0.15, 0.2) is 0 Å². The maximum atomic E-state index is 11.9. The maximum absolute atomic E-state index is 11.9. The minimum atomic E-state index is -0.981. The van der Waals surface area contributed by atoms with E-state index >= 15 is 0 Å². The Hall–Kier alpha value is -1.10. The van der Waals surface area contributed by atoms with Gasteiger partial charge in [0.25, 0.3) is 0 Å². The van der Waals surface area contributed by atoms with E-state index < -0.39 is 11.4 Å². The van der Waals surface area contributed by atoms with E-state index in [2.05, 4.69) is 10.6 Å². The first-order chi connectivity index (χ1) is 7.43. The van der Waals surface area contributed by atoms with E-state index in [1.807, 2.05) is 0 Å². The van der Waals surface area contributed by atoms with Gasteiger partial charge in [-0.1, -0.05) is 12.8 Å². The normalized spacial score (nSPS) is 22.2. The summed E-state index contributed by atoms with van der Waals surface area (Å²) in [7, 11) is 0. The number of nitrogens with two attached hydrogens (primary N) is 1. The van der Waals surface area contributed by atoms with Crippen molar-refractivity contribution in [2.75, 3.05) is 6.54 Å². The molecule has 0 aromatic heterocycles. The first-order valence-corrected chi connectivity index (χ1v) is 5.79. The third-order valence-electron chi connectivity index (χ3n) is 2.93. The highest BCUT2D eigenvalue weighted by molar-refractivity contribution is 5.91. The Balaban J connectivity index is 2.53. The molecule has 1 rings (SSSR count). The molecule has 0 spiro atoms. The van der Waals surface area contributed by atoms with Crippen molar-refractivity contribution in [3.8, 4) is 0 Å². The van der Waals surface area contributed by atoms with Crippen LogP contribution in [0.4, 0.5) is 0 Å². The van der Waals surface area contributed by atoms with Gasteiger partial charge in [0.05, 0.1) is 6.04 Å². The van der Waals surface area contributed by atoms with Crippen LogP contribution in [0.5, 0.6) is 0 Å². The van der Waals surface area contributed by atoms with Crippen LogP contribution in [0.3, 0.4) is 0 Å². The molecule has 16 heavy (non-hydrogen) atoms. The molecule has 0 aromatic carbocycles. The van der Waals surface area contributed by atoms with Crippen molar-refractivity contribution in [1.82, 2.24) is 10.6 Å². The summed E-state index contributed by atoms with van der Waals surface area (Å²) in [5.41, 5.74) is 4.22. The molecule has 1 fully saturated rings. The van der Waals surface area contributed by atoms with Gasteiger partial charge < -0.3 is 16.4 Å². The summed E-state index contributed by atoms with van der Waals surface area (Å²) in [4.78, 5) is 23.0. The zero-order valence-electron chi connectivity index (χ0n) is 10.0. The van der Waals surface area contributed by atoms with Crippen LogP contribution in [-0.2, 0) is 9.59 Å². The molecule has 92 valence electrons. The number of primary amides is 1. The van der Waals surface area contributed by atoms with Gasteiger partial charge in [-0.15, -0.1) is 0 Å². The van der Waals surface area contributed by atoms with Crippen LogP contribution in [0, 0.1) is 0 Å². The molecule has 0 radical (unpaired) electrons. The van der Waals surface area contributed by atoms with Gasteiger partial charge in [-0.3, -0.25) is 9.59 Å². The predicted octanol–water partition coefficient (Wildman–Crippen LogP) is -0.101. The van der Waals surface area contributed by atoms with Gasteiger partial charge in [-0.2, -0.15) is 0 Å². The molecule has 0 aliphatic carbocycles. The fourth-order valence-electron chi connectivity index (χ4n) is 1.71. The summed E-state index contributed by atoms with van der Waals surface area (Å²) in [6.45, 7) is 4.09. The lowest BCUT2D eigenvalue weighted by Gasteiger charge is -2.25. The third-order valence-corrected chi connectivity index (χ3v) is 2.93. The van der Waals surface area contributed by atoms with E-state index in [0.29, 0.717) is 0 Å². The van der Waals surface area contributed by atoms with E-state index in [9.17, 15) is 9.59 Å². The molecule has 1 heterocycles. The van der Waals surface area contributed by atoms with Crippen molar-refractivity contribution in [2.45, 2.75) is 51.1 Å². The minimum Gasteiger partial charge on any atom is -0.368 e. The first-order valence-electron chi connectivity index (χ1n) is 5.79. The van der Waals surface area contributed by atoms with Crippen LogP contribution in [0.15, 0.2) is 0 Å². The van der Waals surface area contributed by atoms with Crippen molar-refractivity contribution in [3.63, 3.8) is 0 Å². The van der Waals surface area contributed by atoms with E-state index in [1.54, 1.807) is 13.8 Å².